The molecular formula is C14H21N2O4PS. The van der Waals surface area contributed by atoms with Crippen LogP contribution in [-0.4, -0.2) is 24.5 Å². The highest BCUT2D eigenvalue weighted by molar-refractivity contribution is 8.55. The Bertz CT molecular complexity index is 566. The molecule has 6 nitrogen and oxygen atoms in total. The van der Waals surface area contributed by atoms with E-state index in [4.69, 9.17) is 9.05 Å². The zero-order valence-electron chi connectivity index (χ0n) is 12.9. The molecule has 1 amide bonds. The minimum Gasteiger partial charge on any atom is -0.416 e. The van der Waals surface area contributed by atoms with Gasteiger partial charge in [0.2, 0.25) is 5.91 Å². The van der Waals surface area contributed by atoms with E-state index in [1.54, 1.807) is 31.2 Å². The first kappa shape index (κ1) is 18.7. The number of hydrogen-bond acceptors (Lipinski definition) is 6. The van der Waals surface area contributed by atoms with E-state index in [0.717, 1.165) is 6.42 Å². The van der Waals surface area contributed by atoms with Crippen molar-refractivity contribution in [1.82, 2.24) is 5.43 Å². The number of rotatable bonds is 9. The average Bonchev–Trinajstić information content (AvgIpc) is 2.47. The number of benzene rings is 1. The average molecular weight is 344 g/mol. The Morgan fingerprint density at radius 1 is 1.41 bits per heavy atom. The van der Waals surface area contributed by atoms with Gasteiger partial charge in [0.25, 0.3) is 0 Å². The van der Waals surface area contributed by atoms with Crippen LogP contribution in [0.2, 0.25) is 0 Å². The van der Waals surface area contributed by atoms with Crippen LogP contribution in [0.4, 0.5) is 0 Å². The third kappa shape index (κ3) is 6.64. The standard InChI is InChI=1S/C14H21N2O4PS/c1-4-10-22-21(18,19-5-2)20-14-9-7-6-8-13(14)11-15-16-12(3)17/h6-9,11H,4-5,10H2,1-3H3,(H,16,17). The molecule has 0 saturated heterocycles. The molecule has 0 spiro atoms. The molecule has 0 saturated carbocycles. The largest absolute Gasteiger partial charge is 0.440 e. The molecular weight excluding hydrogens is 323 g/mol. The van der Waals surface area contributed by atoms with E-state index in [-0.39, 0.29) is 5.91 Å². The van der Waals surface area contributed by atoms with E-state index in [1.165, 1.54) is 24.5 Å². The maximum absolute atomic E-state index is 12.7. The quantitative estimate of drug-likeness (QED) is 0.419. The summed E-state index contributed by atoms with van der Waals surface area (Å²) in [6.07, 6.45) is 2.31. The van der Waals surface area contributed by atoms with Crippen LogP contribution in [0.15, 0.2) is 29.4 Å². The molecule has 0 aliphatic carbocycles. The molecule has 1 unspecified atom stereocenters. The molecule has 1 N–H and O–H groups in total. The van der Waals surface area contributed by atoms with Gasteiger partial charge in [-0.15, -0.1) is 0 Å². The second kappa shape index (κ2) is 9.66. The van der Waals surface area contributed by atoms with Crippen molar-refractivity contribution in [3.05, 3.63) is 29.8 Å². The third-order valence-corrected chi connectivity index (χ3v) is 6.23. The predicted octanol–water partition coefficient (Wildman–Crippen LogP) is 3.82. The fourth-order valence-electron chi connectivity index (χ4n) is 1.43. The van der Waals surface area contributed by atoms with Crippen LogP contribution in [0.1, 0.15) is 32.8 Å². The van der Waals surface area contributed by atoms with Gasteiger partial charge in [0.05, 0.1) is 12.8 Å². The van der Waals surface area contributed by atoms with Gasteiger partial charge in [-0.2, -0.15) is 5.10 Å². The van der Waals surface area contributed by atoms with Gasteiger partial charge < -0.3 is 4.52 Å². The molecule has 1 atom stereocenters. The van der Waals surface area contributed by atoms with Crippen molar-refractivity contribution in [2.75, 3.05) is 12.4 Å². The summed E-state index contributed by atoms with van der Waals surface area (Å²) in [7, 11) is 0. The summed E-state index contributed by atoms with van der Waals surface area (Å²) >= 11 is 1.18. The van der Waals surface area contributed by atoms with Crippen molar-refractivity contribution in [3.8, 4) is 5.75 Å². The first-order chi connectivity index (χ1) is 10.5. The van der Waals surface area contributed by atoms with E-state index in [0.29, 0.717) is 23.7 Å². The van der Waals surface area contributed by atoms with Crippen LogP contribution in [0.3, 0.4) is 0 Å². The molecule has 22 heavy (non-hydrogen) atoms. The van der Waals surface area contributed by atoms with Crippen molar-refractivity contribution >= 4 is 30.3 Å². The zero-order valence-corrected chi connectivity index (χ0v) is 14.7. The fraction of sp³-hybridized carbons (Fsp3) is 0.429. The number of hydrogen-bond donors (Lipinski definition) is 1. The maximum Gasteiger partial charge on any atom is 0.440 e. The fourth-order valence-corrected chi connectivity index (χ4v) is 4.90. The van der Waals surface area contributed by atoms with Gasteiger partial charge in [-0.1, -0.05) is 19.1 Å². The second-order valence-corrected chi connectivity index (χ2v) is 8.37. The molecule has 0 bridgehead atoms. The van der Waals surface area contributed by atoms with Gasteiger partial charge >= 0.3 is 6.80 Å². The molecule has 0 aliphatic rings. The van der Waals surface area contributed by atoms with E-state index >= 15 is 0 Å². The number of carbonyl (C=O) groups excluding carboxylic acids is 1. The molecule has 0 aromatic heterocycles. The van der Waals surface area contributed by atoms with E-state index in [9.17, 15) is 9.36 Å². The maximum atomic E-state index is 12.7. The van der Waals surface area contributed by atoms with E-state index < -0.39 is 6.80 Å². The molecule has 1 rings (SSSR count). The van der Waals surface area contributed by atoms with E-state index in [1.807, 2.05) is 6.92 Å². The number of carbonyl (C=O) groups is 1. The molecule has 1 aromatic rings. The van der Waals surface area contributed by atoms with Gasteiger partial charge in [0, 0.05) is 18.2 Å². The smallest absolute Gasteiger partial charge is 0.416 e. The Morgan fingerprint density at radius 3 is 2.77 bits per heavy atom. The van der Waals surface area contributed by atoms with Gasteiger partial charge in [-0.3, -0.25) is 9.32 Å². The van der Waals surface area contributed by atoms with Crippen LogP contribution in [-0.2, 0) is 13.9 Å². The van der Waals surface area contributed by atoms with Crippen LogP contribution >= 0.6 is 18.2 Å². The molecule has 0 radical (unpaired) electrons. The Hall–Kier alpha value is -1.30. The van der Waals surface area contributed by atoms with Crippen LogP contribution < -0.4 is 9.95 Å². The van der Waals surface area contributed by atoms with Crippen molar-refractivity contribution in [2.24, 2.45) is 5.10 Å². The first-order valence-corrected chi connectivity index (χ1v) is 10.1. The number of hydrazone groups is 1. The predicted molar refractivity (Wildman–Crippen MR) is 90.5 cm³/mol. The van der Waals surface area contributed by atoms with Gasteiger partial charge in [0.15, 0.2) is 0 Å². The molecule has 122 valence electrons. The first-order valence-electron chi connectivity index (χ1n) is 6.98. The Labute approximate surface area is 134 Å². The van der Waals surface area contributed by atoms with Crippen LogP contribution in [0, 0.1) is 0 Å². The summed E-state index contributed by atoms with van der Waals surface area (Å²) in [4.78, 5) is 10.8. The van der Waals surface area contributed by atoms with E-state index in [2.05, 4.69) is 10.5 Å². The SMILES string of the molecule is CCCSP(=O)(OCC)Oc1ccccc1C=NNC(C)=O. The van der Waals surface area contributed by atoms with Crippen LogP contribution in [0.5, 0.6) is 5.75 Å². The van der Waals surface area contributed by atoms with Crippen molar-refractivity contribution in [3.63, 3.8) is 0 Å². The zero-order chi connectivity index (χ0) is 16.4. The minimum atomic E-state index is -3.27. The van der Waals surface area contributed by atoms with Gasteiger partial charge in [-0.25, -0.2) is 9.99 Å². The summed E-state index contributed by atoms with van der Waals surface area (Å²) in [5, 5.41) is 3.80. The van der Waals surface area contributed by atoms with Gasteiger partial charge in [-0.05, 0) is 36.9 Å². The number of amides is 1. The Balaban J connectivity index is 2.92. The lowest BCUT2D eigenvalue weighted by atomic mass is 10.2. The number of para-hydroxylation sites is 1. The second-order valence-electron chi connectivity index (χ2n) is 4.25. The van der Waals surface area contributed by atoms with Crippen molar-refractivity contribution < 1.29 is 18.4 Å². The highest BCUT2D eigenvalue weighted by atomic mass is 32.7. The molecule has 1 aromatic carbocycles. The monoisotopic (exact) mass is 344 g/mol. The molecule has 8 heteroatoms. The molecule has 0 aliphatic heterocycles. The summed E-state index contributed by atoms with van der Waals surface area (Å²) in [6.45, 7) is 2.17. The number of nitrogens with zero attached hydrogens (tertiary/aromatic N) is 1. The summed E-state index contributed by atoms with van der Waals surface area (Å²) in [5.74, 6) is 0.810. The summed E-state index contributed by atoms with van der Waals surface area (Å²) in [5.41, 5.74) is 2.92. The highest BCUT2D eigenvalue weighted by Gasteiger charge is 2.27. The minimum absolute atomic E-state index is 0.270. The Kier molecular flexibility index (Phi) is 8.24. The lowest BCUT2D eigenvalue weighted by Crippen LogP contribution is -2.12. The Morgan fingerprint density at radius 2 is 2.14 bits per heavy atom. The third-order valence-electron chi connectivity index (χ3n) is 2.30. The topological polar surface area (TPSA) is 77.0 Å². The summed E-state index contributed by atoms with van der Waals surface area (Å²) in [6, 6.07) is 7.01. The summed E-state index contributed by atoms with van der Waals surface area (Å²) < 4.78 is 23.6. The van der Waals surface area contributed by atoms with Crippen molar-refractivity contribution in [2.45, 2.75) is 27.2 Å². The van der Waals surface area contributed by atoms with Crippen molar-refractivity contribution in [1.29, 1.82) is 0 Å². The highest BCUT2D eigenvalue weighted by Crippen LogP contribution is 2.60. The normalized spacial score (nSPS) is 13.8. The lowest BCUT2D eigenvalue weighted by molar-refractivity contribution is -0.118. The van der Waals surface area contributed by atoms with Gasteiger partial charge in [0.1, 0.15) is 5.75 Å². The molecule has 0 fully saturated rings. The lowest BCUT2D eigenvalue weighted by Gasteiger charge is -2.18. The molecule has 0 heterocycles. The number of nitrogens with one attached hydrogen (secondary N) is 1. The van der Waals surface area contributed by atoms with Crippen LogP contribution in [0.25, 0.3) is 0 Å².